The number of rotatable bonds is 3. The van der Waals surface area contributed by atoms with Gasteiger partial charge in [0.15, 0.2) is 0 Å². The fourth-order valence-corrected chi connectivity index (χ4v) is 1.71. The summed E-state index contributed by atoms with van der Waals surface area (Å²) in [5.74, 6) is 1.86. The minimum atomic E-state index is 0.779. The molecular weight excluding hydrogens is 160 g/mol. The van der Waals surface area contributed by atoms with E-state index in [4.69, 9.17) is 4.74 Å². The highest BCUT2D eigenvalue weighted by atomic mass is 16.5. The van der Waals surface area contributed by atoms with E-state index in [2.05, 4.69) is 25.1 Å². The first kappa shape index (κ1) is 8.61. The monoisotopic (exact) mass is 176 g/mol. The summed E-state index contributed by atoms with van der Waals surface area (Å²) >= 11 is 0. The molecule has 0 unspecified atom stereocenters. The third-order valence-electron chi connectivity index (χ3n) is 2.72. The van der Waals surface area contributed by atoms with E-state index >= 15 is 0 Å². The van der Waals surface area contributed by atoms with Crippen molar-refractivity contribution in [1.29, 1.82) is 0 Å². The maximum Gasteiger partial charge on any atom is 0.122 e. The van der Waals surface area contributed by atoms with Gasteiger partial charge in [-0.05, 0) is 42.4 Å². The lowest BCUT2D eigenvalue weighted by Gasteiger charge is -2.08. The molecule has 1 aliphatic carbocycles. The lowest BCUT2D eigenvalue weighted by atomic mass is 10.1. The third kappa shape index (κ3) is 1.69. The summed E-state index contributed by atoms with van der Waals surface area (Å²) in [6.45, 7) is 2.17. The van der Waals surface area contributed by atoms with Gasteiger partial charge >= 0.3 is 0 Å². The van der Waals surface area contributed by atoms with Crippen LogP contribution in [0.4, 0.5) is 0 Å². The van der Waals surface area contributed by atoms with E-state index < -0.39 is 0 Å². The van der Waals surface area contributed by atoms with Crippen LogP contribution in [0.1, 0.15) is 36.8 Å². The predicted octanol–water partition coefficient (Wildman–Crippen LogP) is 3.14. The van der Waals surface area contributed by atoms with E-state index in [1.807, 2.05) is 0 Å². The Labute approximate surface area is 79.7 Å². The number of methoxy groups -OCH3 is 1. The Morgan fingerprint density at radius 3 is 2.69 bits per heavy atom. The first-order valence-corrected chi connectivity index (χ1v) is 5.02. The van der Waals surface area contributed by atoms with Crippen molar-refractivity contribution in [2.45, 2.75) is 32.1 Å². The van der Waals surface area contributed by atoms with Crippen LogP contribution in [0.5, 0.6) is 5.75 Å². The highest BCUT2D eigenvalue weighted by Gasteiger charge is 2.26. The largest absolute Gasteiger partial charge is 0.496 e. The van der Waals surface area contributed by atoms with Crippen molar-refractivity contribution in [1.82, 2.24) is 0 Å². The lowest BCUT2D eigenvalue weighted by Crippen LogP contribution is -1.91. The molecule has 13 heavy (non-hydrogen) atoms. The van der Waals surface area contributed by atoms with E-state index in [-0.39, 0.29) is 0 Å². The minimum absolute atomic E-state index is 0.779. The number of aryl methyl sites for hydroxylation is 1. The van der Waals surface area contributed by atoms with Crippen molar-refractivity contribution in [3.8, 4) is 5.75 Å². The Morgan fingerprint density at radius 2 is 2.15 bits per heavy atom. The van der Waals surface area contributed by atoms with Gasteiger partial charge in [0.2, 0.25) is 0 Å². The molecule has 2 rings (SSSR count). The van der Waals surface area contributed by atoms with Crippen LogP contribution in [-0.4, -0.2) is 7.11 Å². The van der Waals surface area contributed by atoms with Crippen LogP contribution in [-0.2, 0) is 6.42 Å². The summed E-state index contributed by atoms with van der Waals surface area (Å²) < 4.78 is 5.39. The number of hydrogen-bond donors (Lipinski definition) is 0. The highest BCUT2D eigenvalue weighted by molar-refractivity contribution is 5.41. The molecular formula is C12H16O. The SMILES string of the molecule is CCc1ccc(C2CC2)c(OC)c1. The smallest absolute Gasteiger partial charge is 0.122 e. The number of benzene rings is 1. The summed E-state index contributed by atoms with van der Waals surface area (Å²) in [6.07, 6.45) is 3.75. The maximum absolute atomic E-state index is 5.39. The van der Waals surface area contributed by atoms with Gasteiger partial charge in [-0.1, -0.05) is 19.1 Å². The van der Waals surface area contributed by atoms with Crippen molar-refractivity contribution in [3.63, 3.8) is 0 Å². The van der Waals surface area contributed by atoms with Crippen LogP contribution >= 0.6 is 0 Å². The summed E-state index contributed by atoms with van der Waals surface area (Å²) in [5, 5.41) is 0. The summed E-state index contributed by atoms with van der Waals surface area (Å²) in [6, 6.07) is 6.62. The molecule has 0 heterocycles. The second kappa shape index (κ2) is 3.41. The topological polar surface area (TPSA) is 9.23 Å². The zero-order valence-corrected chi connectivity index (χ0v) is 8.34. The van der Waals surface area contributed by atoms with Gasteiger partial charge in [0.1, 0.15) is 5.75 Å². The molecule has 0 radical (unpaired) electrons. The quantitative estimate of drug-likeness (QED) is 0.687. The molecule has 0 saturated heterocycles. The standard InChI is InChI=1S/C12H16O/c1-3-9-4-7-11(10-5-6-10)12(8-9)13-2/h4,7-8,10H,3,5-6H2,1-2H3. The van der Waals surface area contributed by atoms with Crippen molar-refractivity contribution < 1.29 is 4.74 Å². The van der Waals surface area contributed by atoms with Crippen LogP contribution in [0.3, 0.4) is 0 Å². The van der Waals surface area contributed by atoms with E-state index in [9.17, 15) is 0 Å². The first-order chi connectivity index (χ1) is 6.35. The predicted molar refractivity (Wildman–Crippen MR) is 54.3 cm³/mol. The van der Waals surface area contributed by atoms with Crippen LogP contribution in [0.2, 0.25) is 0 Å². The summed E-state index contributed by atoms with van der Waals surface area (Å²) in [4.78, 5) is 0. The van der Waals surface area contributed by atoms with Crippen LogP contribution in [0, 0.1) is 0 Å². The van der Waals surface area contributed by atoms with Gasteiger partial charge in [0.25, 0.3) is 0 Å². The summed E-state index contributed by atoms with van der Waals surface area (Å²) in [5.41, 5.74) is 2.76. The second-order valence-electron chi connectivity index (χ2n) is 3.70. The van der Waals surface area contributed by atoms with Gasteiger partial charge in [-0.25, -0.2) is 0 Å². The van der Waals surface area contributed by atoms with Gasteiger partial charge in [-0.3, -0.25) is 0 Å². The molecule has 70 valence electrons. The minimum Gasteiger partial charge on any atom is -0.496 e. The fourth-order valence-electron chi connectivity index (χ4n) is 1.71. The maximum atomic E-state index is 5.39. The van der Waals surface area contributed by atoms with E-state index in [1.54, 1.807) is 7.11 Å². The molecule has 0 spiro atoms. The molecule has 1 fully saturated rings. The summed E-state index contributed by atoms with van der Waals surface area (Å²) in [7, 11) is 1.76. The van der Waals surface area contributed by atoms with Crippen molar-refractivity contribution in [2.24, 2.45) is 0 Å². The van der Waals surface area contributed by atoms with Gasteiger partial charge in [0.05, 0.1) is 7.11 Å². The van der Waals surface area contributed by atoms with Gasteiger partial charge in [-0.15, -0.1) is 0 Å². The Hall–Kier alpha value is -0.980. The highest BCUT2D eigenvalue weighted by Crippen LogP contribution is 2.44. The molecule has 1 saturated carbocycles. The average Bonchev–Trinajstić information content (AvgIpc) is 3.00. The second-order valence-corrected chi connectivity index (χ2v) is 3.70. The third-order valence-corrected chi connectivity index (χ3v) is 2.72. The fraction of sp³-hybridized carbons (Fsp3) is 0.500. The van der Waals surface area contributed by atoms with Crippen LogP contribution in [0.15, 0.2) is 18.2 Å². The number of ether oxygens (including phenoxy) is 1. The molecule has 1 aromatic carbocycles. The van der Waals surface area contributed by atoms with Crippen LogP contribution in [0.25, 0.3) is 0 Å². The molecule has 1 nitrogen and oxygen atoms in total. The molecule has 0 aliphatic heterocycles. The van der Waals surface area contributed by atoms with Gasteiger partial charge in [0, 0.05) is 0 Å². The molecule has 1 aromatic rings. The molecule has 0 bridgehead atoms. The van der Waals surface area contributed by atoms with E-state index in [1.165, 1.54) is 24.0 Å². The molecule has 0 N–H and O–H groups in total. The van der Waals surface area contributed by atoms with Crippen molar-refractivity contribution in [3.05, 3.63) is 29.3 Å². The van der Waals surface area contributed by atoms with Gasteiger partial charge in [-0.2, -0.15) is 0 Å². The molecule has 0 atom stereocenters. The van der Waals surface area contributed by atoms with E-state index in [0.29, 0.717) is 0 Å². The first-order valence-electron chi connectivity index (χ1n) is 5.02. The lowest BCUT2D eigenvalue weighted by molar-refractivity contribution is 0.409. The Kier molecular flexibility index (Phi) is 2.26. The molecule has 0 amide bonds. The Bertz CT molecular complexity index is 300. The van der Waals surface area contributed by atoms with Crippen molar-refractivity contribution >= 4 is 0 Å². The van der Waals surface area contributed by atoms with Crippen molar-refractivity contribution in [2.75, 3.05) is 7.11 Å². The molecule has 1 aliphatic rings. The molecule has 0 aromatic heterocycles. The molecule has 1 heteroatoms. The Morgan fingerprint density at radius 1 is 1.38 bits per heavy atom. The number of hydrogen-bond acceptors (Lipinski definition) is 1. The zero-order chi connectivity index (χ0) is 9.26. The zero-order valence-electron chi connectivity index (χ0n) is 8.34. The Balaban J connectivity index is 2.33. The average molecular weight is 176 g/mol. The van der Waals surface area contributed by atoms with E-state index in [0.717, 1.165) is 18.1 Å². The van der Waals surface area contributed by atoms with Gasteiger partial charge < -0.3 is 4.74 Å². The van der Waals surface area contributed by atoms with Crippen LogP contribution < -0.4 is 4.74 Å². The normalized spacial score (nSPS) is 15.8.